The highest BCUT2D eigenvalue weighted by Crippen LogP contribution is 2.46. The summed E-state index contributed by atoms with van der Waals surface area (Å²) in [6.45, 7) is 0. The number of hydrogen-bond acceptors (Lipinski definition) is 3. The summed E-state index contributed by atoms with van der Waals surface area (Å²) in [6.07, 6.45) is 0. The number of anilines is 3. The molecule has 0 amide bonds. The topological polar surface area (TPSA) is 29.5 Å². The van der Waals surface area contributed by atoms with E-state index >= 15 is 0 Å². The van der Waals surface area contributed by atoms with Gasteiger partial charge in [0.15, 0.2) is 0 Å². The number of nitrogens with zero attached hydrogens (tertiary/aromatic N) is 1. The van der Waals surface area contributed by atoms with E-state index in [1.165, 1.54) is 16.2 Å². The van der Waals surface area contributed by atoms with E-state index in [-0.39, 0.29) is 0 Å². The quantitative estimate of drug-likeness (QED) is 0.201. The molecule has 2 heterocycles. The van der Waals surface area contributed by atoms with Gasteiger partial charge in [0.05, 0.1) is 16.8 Å². The third-order valence-corrected chi connectivity index (χ3v) is 9.45. The lowest BCUT2D eigenvalue weighted by Crippen LogP contribution is -2.10. The SMILES string of the molecule is c1ccc2c(N(c3ccc(-c4cccc5oc6c7ccccc7ccc6c45)cc3)c3cccc4oc5ccccc5c34)cccc2c1. The first kappa shape index (κ1) is 26.0. The molecule has 47 heavy (non-hydrogen) atoms. The molecular formula is C44H27NO2. The van der Waals surface area contributed by atoms with Gasteiger partial charge >= 0.3 is 0 Å². The molecular weight excluding hydrogens is 574 g/mol. The van der Waals surface area contributed by atoms with Crippen molar-refractivity contribution in [2.45, 2.75) is 0 Å². The fourth-order valence-corrected chi connectivity index (χ4v) is 7.34. The number of benzene rings is 8. The van der Waals surface area contributed by atoms with Crippen LogP contribution in [0.15, 0.2) is 173 Å². The van der Waals surface area contributed by atoms with E-state index in [1.807, 2.05) is 12.1 Å². The maximum Gasteiger partial charge on any atom is 0.143 e. The van der Waals surface area contributed by atoms with Gasteiger partial charge in [0, 0.05) is 32.6 Å². The fourth-order valence-electron chi connectivity index (χ4n) is 7.34. The average Bonchev–Trinajstić information content (AvgIpc) is 3.72. The third kappa shape index (κ3) is 3.93. The molecule has 0 unspecified atom stereocenters. The number of rotatable bonds is 4. The number of hydrogen-bond donors (Lipinski definition) is 0. The van der Waals surface area contributed by atoms with Crippen LogP contribution in [0, 0.1) is 0 Å². The van der Waals surface area contributed by atoms with E-state index in [1.54, 1.807) is 0 Å². The summed E-state index contributed by atoms with van der Waals surface area (Å²) in [5.41, 5.74) is 9.14. The van der Waals surface area contributed by atoms with E-state index in [0.717, 1.165) is 77.5 Å². The summed E-state index contributed by atoms with van der Waals surface area (Å²) >= 11 is 0. The summed E-state index contributed by atoms with van der Waals surface area (Å²) in [5.74, 6) is 0. The van der Waals surface area contributed by atoms with Gasteiger partial charge in [0.25, 0.3) is 0 Å². The van der Waals surface area contributed by atoms with Crippen molar-refractivity contribution in [1.82, 2.24) is 0 Å². The summed E-state index contributed by atoms with van der Waals surface area (Å²) in [6, 6.07) is 57.8. The van der Waals surface area contributed by atoms with E-state index in [4.69, 9.17) is 8.83 Å². The molecule has 0 atom stereocenters. The van der Waals surface area contributed by atoms with Gasteiger partial charge in [0.2, 0.25) is 0 Å². The van der Waals surface area contributed by atoms with Gasteiger partial charge < -0.3 is 13.7 Å². The Morgan fingerprint density at radius 3 is 1.83 bits per heavy atom. The molecule has 0 fully saturated rings. The van der Waals surface area contributed by atoms with Crippen LogP contribution in [0.5, 0.6) is 0 Å². The molecule has 0 aliphatic carbocycles. The molecule has 10 aromatic rings. The van der Waals surface area contributed by atoms with Crippen LogP contribution >= 0.6 is 0 Å². The minimum atomic E-state index is 0.872. The maximum absolute atomic E-state index is 6.50. The zero-order chi connectivity index (χ0) is 30.9. The Labute approximate surface area is 270 Å². The van der Waals surface area contributed by atoms with Crippen LogP contribution in [0.4, 0.5) is 17.1 Å². The van der Waals surface area contributed by atoms with E-state index in [2.05, 4.69) is 157 Å². The Bertz CT molecular complexity index is 2800. The zero-order valence-electron chi connectivity index (χ0n) is 25.4. The Morgan fingerprint density at radius 1 is 0.362 bits per heavy atom. The molecule has 8 aromatic carbocycles. The second-order valence-corrected chi connectivity index (χ2v) is 12.1. The van der Waals surface area contributed by atoms with Crippen LogP contribution in [-0.4, -0.2) is 0 Å². The second kappa shape index (κ2) is 10.1. The van der Waals surface area contributed by atoms with Crippen molar-refractivity contribution in [1.29, 1.82) is 0 Å². The summed E-state index contributed by atoms with van der Waals surface area (Å²) in [5, 5.41) is 9.17. The van der Waals surface area contributed by atoms with Crippen LogP contribution in [-0.2, 0) is 0 Å². The minimum Gasteiger partial charge on any atom is -0.456 e. The van der Waals surface area contributed by atoms with Crippen molar-refractivity contribution in [2.75, 3.05) is 4.90 Å². The van der Waals surface area contributed by atoms with Crippen molar-refractivity contribution < 1.29 is 8.83 Å². The number of fused-ring (bicyclic) bond motifs is 9. The lowest BCUT2D eigenvalue weighted by atomic mass is 9.97. The average molecular weight is 602 g/mol. The van der Waals surface area contributed by atoms with Gasteiger partial charge in [-0.15, -0.1) is 0 Å². The van der Waals surface area contributed by atoms with Crippen LogP contribution in [0.3, 0.4) is 0 Å². The Balaban J connectivity index is 1.19. The van der Waals surface area contributed by atoms with Crippen LogP contribution in [0.2, 0.25) is 0 Å². The molecule has 0 N–H and O–H groups in total. The molecule has 0 bridgehead atoms. The Morgan fingerprint density at radius 2 is 0.979 bits per heavy atom. The maximum atomic E-state index is 6.50. The number of para-hydroxylation sites is 1. The first-order valence-electron chi connectivity index (χ1n) is 15.9. The molecule has 0 aliphatic heterocycles. The highest BCUT2D eigenvalue weighted by Gasteiger charge is 2.21. The van der Waals surface area contributed by atoms with Gasteiger partial charge in [-0.25, -0.2) is 0 Å². The molecule has 220 valence electrons. The largest absolute Gasteiger partial charge is 0.456 e. The van der Waals surface area contributed by atoms with Crippen molar-refractivity contribution in [3.8, 4) is 11.1 Å². The van der Waals surface area contributed by atoms with Gasteiger partial charge in [-0.2, -0.15) is 0 Å². The molecule has 0 radical (unpaired) electrons. The van der Waals surface area contributed by atoms with Gasteiger partial charge in [0.1, 0.15) is 22.3 Å². The second-order valence-electron chi connectivity index (χ2n) is 12.1. The molecule has 0 saturated carbocycles. The Kier molecular flexibility index (Phi) is 5.57. The minimum absolute atomic E-state index is 0.872. The molecule has 0 spiro atoms. The van der Waals surface area contributed by atoms with Gasteiger partial charge in [-0.05, 0) is 70.4 Å². The number of furan rings is 2. The van der Waals surface area contributed by atoms with Gasteiger partial charge in [-0.3, -0.25) is 0 Å². The van der Waals surface area contributed by atoms with Crippen LogP contribution in [0.25, 0.3) is 76.5 Å². The van der Waals surface area contributed by atoms with Gasteiger partial charge in [-0.1, -0.05) is 115 Å². The molecule has 2 aromatic heterocycles. The first-order chi connectivity index (χ1) is 23.3. The summed E-state index contributed by atoms with van der Waals surface area (Å²) in [7, 11) is 0. The van der Waals surface area contributed by atoms with Crippen LogP contribution in [0.1, 0.15) is 0 Å². The lowest BCUT2D eigenvalue weighted by Gasteiger charge is -2.27. The van der Waals surface area contributed by atoms with E-state index < -0.39 is 0 Å². The van der Waals surface area contributed by atoms with E-state index in [0.29, 0.717) is 0 Å². The molecule has 0 saturated heterocycles. The predicted octanol–water partition coefficient (Wildman–Crippen LogP) is 12.9. The normalized spacial score (nSPS) is 11.8. The lowest BCUT2D eigenvalue weighted by molar-refractivity contribution is 0.669. The molecule has 3 nitrogen and oxygen atoms in total. The molecule has 3 heteroatoms. The van der Waals surface area contributed by atoms with Crippen molar-refractivity contribution >= 4 is 82.5 Å². The summed E-state index contributed by atoms with van der Waals surface area (Å²) in [4.78, 5) is 2.37. The standard InChI is InChI=1S/C44H27NO2/c1-3-13-32-28(10-1)12-7-17-37(32)45(38-18-9-21-41-43(38)35-15-5-6-19-39(35)46-41)31-25-22-30(23-26-31)33-16-8-20-40-42(33)36-27-24-29-11-2-4-14-34(29)44(36)47-40/h1-27H. The smallest absolute Gasteiger partial charge is 0.143 e. The van der Waals surface area contributed by atoms with Crippen molar-refractivity contribution in [2.24, 2.45) is 0 Å². The molecule has 10 rings (SSSR count). The monoisotopic (exact) mass is 601 g/mol. The van der Waals surface area contributed by atoms with Crippen molar-refractivity contribution in [3.05, 3.63) is 164 Å². The first-order valence-corrected chi connectivity index (χ1v) is 15.9. The highest BCUT2D eigenvalue weighted by molar-refractivity contribution is 6.19. The Hall–Kier alpha value is -6.32. The fraction of sp³-hybridized carbons (Fsp3) is 0. The third-order valence-electron chi connectivity index (χ3n) is 9.45. The zero-order valence-corrected chi connectivity index (χ0v) is 25.4. The summed E-state index contributed by atoms with van der Waals surface area (Å²) < 4.78 is 12.8. The van der Waals surface area contributed by atoms with E-state index in [9.17, 15) is 0 Å². The van der Waals surface area contributed by atoms with Crippen LogP contribution < -0.4 is 4.90 Å². The predicted molar refractivity (Wildman–Crippen MR) is 196 cm³/mol. The highest BCUT2D eigenvalue weighted by atomic mass is 16.3. The van der Waals surface area contributed by atoms with Crippen molar-refractivity contribution in [3.63, 3.8) is 0 Å². The molecule has 0 aliphatic rings.